The first-order chi connectivity index (χ1) is 8.47. The molecule has 1 aromatic rings. The average Bonchev–Trinajstić information content (AvgIpc) is 2.26. The highest BCUT2D eigenvalue weighted by Gasteiger charge is 2.03. The Morgan fingerprint density at radius 3 is 2.28 bits per heavy atom. The van der Waals surface area contributed by atoms with Gasteiger partial charge in [0.25, 0.3) is 0 Å². The van der Waals surface area contributed by atoms with E-state index >= 15 is 0 Å². The van der Waals surface area contributed by atoms with Crippen LogP contribution in [-0.4, -0.2) is 36.3 Å². The third-order valence-electron chi connectivity index (χ3n) is 2.68. The van der Waals surface area contributed by atoms with Gasteiger partial charge in [-0.2, -0.15) is 0 Å². The normalized spacial score (nSPS) is 13.3. The van der Waals surface area contributed by atoms with Gasteiger partial charge in [-0.15, -0.1) is 11.8 Å². The first-order valence-electron chi connectivity index (χ1n) is 6.67. The molecular weight excluding hydrogens is 240 g/mol. The molecule has 0 fully saturated rings. The van der Waals surface area contributed by atoms with Crippen LogP contribution in [0.4, 0.5) is 0 Å². The van der Waals surface area contributed by atoms with E-state index in [1.165, 1.54) is 10.5 Å². The first-order valence-corrected chi connectivity index (χ1v) is 7.55. The third kappa shape index (κ3) is 6.43. The quantitative estimate of drug-likeness (QED) is 0.769. The van der Waals surface area contributed by atoms with Crippen molar-refractivity contribution in [3.63, 3.8) is 0 Å². The highest BCUT2D eigenvalue weighted by molar-refractivity contribution is 7.99. The summed E-state index contributed by atoms with van der Waals surface area (Å²) < 4.78 is 0. The van der Waals surface area contributed by atoms with Crippen LogP contribution in [0, 0.1) is 0 Å². The van der Waals surface area contributed by atoms with Crippen LogP contribution in [0.5, 0.6) is 0 Å². The maximum absolute atomic E-state index is 5.78. The van der Waals surface area contributed by atoms with Crippen molar-refractivity contribution in [2.24, 2.45) is 5.73 Å². The van der Waals surface area contributed by atoms with Gasteiger partial charge < -0.3 is 10.6 Å². The molecular formula is C15H26N2S. The lowest BCUT2D eigenvalue weighted by Crippen LogP contribution is -2.34. The van der Waals surface area contributed by atoms with Crippen molar-refractivity contribution >= 4 is 11.8 Å². The number of likely N-dealkylation sites (N-methyl/N-ethyl adjacent to an activating group) is 1. The molecule has 1 rings (SSSR count). The van der Waals surface area contributed by atoms with Crippen LogP contribution < -0.4 is 5.73 Å². The van der Waals surface area contributed by atoms with Crippen molar-refractivity contribution in [2.75, 3.05) is 20.1 Å². The van der Waals surface area contributed by atoms with Gasteiger partial charge in [-0.25, -0.2) is 0 Å². The third-order valence-corrected chi connectivity index (χ3v) is 3.69. The molecule has 0 heterocycles. The summed E-state index contributed by atoms with van der Waals surface area (Å²) in [5.41, 5.74) is 7.19. The van der Waals surface area contributed by atoms with Crippen LogP contribution in [0.25, 0.3) is 0 Å². The van der Waals surface area contributed by atoms with Crippen LogP contribution in [0.2, 0.25) is 0 Å². The molecule has 0 aliphatic rings. The van der Waals surface area contributed by atoms with Crippen molar-refractivity contribution in [3.8, 4) is 0 Å². The predicted octanol–water partition coefficient (Wildman–Crippen LogP) is 3.01. The smallest absolute Gasteiger partial charge is 0.0139 e. The molecule has 3 heteroatoms. The Kier molecular flexibility index (Phi) is 6.76. The lowest BCUT2D eigenvalue weighted by Gasteiger charge is -2.18. The minimum absolute atomic E-state index is 0.250. The lowest BCUT2D eigenvalue weighted by atomic mass is 10.1. The molecule has 1 aromatic carbocycles. The second-order valence-electron chi connectivity index (χ2n) is 5.30. The predicted molar refractivity (Wildman–Crippen MR) is 82.3 cm³/mol. The summed E-state index contributed by atoms with van der Waals surface area (Å²) in [7, 11) is 2.13. The van der Waals surface area contributed by atoms with Crippen LogP contribution in [0.3, 0.4) is 0 Å². The van der Waals surface area contributed by atoms with Gasteiger partial charge in [0.2, 0.25) is 0 Å². The summed E-state index contributed by atoms with van der Waals surface area (Å²) >= 11 is 1.91. The van der Waals surface area contributed by atoms with E-state index in [-0.39, 0.29) is 6.04 Å². The molecule has 0 bridgehead atoms. The Morgan fingerprint density at radius 1 is 1.17 bits per heavy atom. The molecule has 2 nitrogen and oxygen atoms in total. The standard InChI is InChI=1S/C15H26N2S/c1-12(2)18-15-7-5-14(6-8-15)9-10-17(4)11-13(3)16/h5-8,12-13H,9-11,16H2,1-4H3. The molecule has 18 heavy (non-hydrogen) atoms. The van der Waals surface area contributed by atoms with E-state index in [1.54, 1.807) is 0 Å². The van der Waals surface area contributed by atoms with Gasteiger partial charge in [0.1, 0.15) is 0 Å². The Balaban J connectivity index is 2.39. The molecule has 0 amide bonds. The van der Waals surface area contributed by atoms with Gasteiger partial charge in [0.15, 0.2) is 0 Å². The van der Waals surface area contributed by atoms with Gasteiger partial charge in [-0.1, -0.05) is 26.0 Å². The second-order valence-corrected chi connectivity index (χ2v) is 6.95. The van der Waals surface area contributed by atoms with Gasteiger partial charge in [-0.3, -0.25) is 0 Å². The molecule has 0 aliphatic carbocycles. The van der Waals surface area contributed by atoms with Crippen molar-refractivity contribution in [3.05, 3.63) is 29.8 Å². The molecule has 102 valence electrons. The van der Waals surface area contributed by atoms with E-state index in [2.05, 4.69) is 57.0 Å². The van der Waals surface area contributed by atoms with Crippen LogP contribution in [-0.2, 0) is 6.42 Å². The Hall–Kier alpha value is -0.510. The largest absolute Gasteiger partial charge is 0.327 e. The fraction of sp³-hybridized carbons (Fsp3) is 0.600. The van der Waals surface area contributed by atoms with Crippen LogP contribution in [0.1, 0.15) is 26.3 Å². The van der Waals surface area contributed by atoms with Gasteiger partial charge in [0, 0.05) is 29.3 Å². The zero-order valence-electron chi connectivity index (χ0n) is 12.0. The van der Waals surface area contributed by atoms with E-state index in [1.807, 2.05) is 11.8 Å². The Bertz CT molecular complexity index is 333. The zero-order valence-corrected chi connectivity index (χ0v) is 12.8. The summed E-state index contributed by atoms with van der Waals surface area (Å²) in [6.45, 7) is 8.52. The van der Waals surface area contributed by atoms with Gasteiger partial charge in [0.05, 0.1) is 0 Å². The van der Waals surface area contributed by atoms with E-state index in [4.69, 9.17) is 5.73 Å². The monoisotopic (exact) mass is 266 g/mol. The highest BCUT2D eigenvalue weighted by Crippen LogP contribution is 2.22. The molecule has 0 saturated heterocycles. The van der Waals surface area contributed by atoms with E-state index < -0.39 is 0 Å². The molecule has 0 aromatic heterocycles. The first kappa shape index (κ1) is 15.5. The minimum Gasteiger partial charge on any atom is -0.327 e. The summed E-state index contributed by atoms with van der Waals surface area (Å²) in [6, 6.07) is 9.19. The molecule has 0 spiro atoms. The van der Waals surface area contributed by atoms with Crippen molar-refractivity contribution in [1.82, 2.24) is 4.90 Å². The van der Waals surface area contributed by atoms with E-state index in [0.717, 1.165) is 19.5 Å². The van der Waals surface area contributed by atoms with Gasteiger partial charge in [-0.05, 0) is 38.1 Å². The maximum atomic E-state index is 5.78. The van der Waals surface area contributed by atoms with Crippen molar-refractivity contribution in [2.45, 2.75) is 43.4 Å². The van der Waals surface area contributed by atoms with E-state index in [0.29, 0.717) is 5.25 Å². The summed E-state index contributed by atoms with van der Waals surface area (Å²) in [6.07, 6.45) is 1.09. The lowest BCUT2D eigenvalue weighted by molar-refractivity contribution is 0.321. The number of thioether (sulfide) groups is 1. The number of benzene rings is 1. The summed E-state index contributed by atoms with van der Waals surface area (Å²) in [5, 5.41) is 0.646. The molecule has 2 N–H and O–H groups in total. The number of nitrogens with zero attached hydrogens (tertiary/aromatic N) is 1. The minimum atomic E-state index is 0.250. The summed E-state index contributed by atoms with van der Waals surface area (Å²) in [4.78, 5) is 3.65. The van der Waals surface area contributed by atoms with Gasteiger partial charge >= 0.3 is 0 Å². The molecule has 1 atom stereocenters. The zero-order chi connectivity index (χ0) is 13.5. The molecule has 0 saturated carbocycles. The number of nitrogens with two attached hydrogens (primary N) is 1. The number of hydrogen-bond acceptors (Lipinski definition) is 3. The SMILES string of the molecule is CC(N)CN(C)CCc1ccc(SC(C)C)cc1. The van der Waals surface area contributed by atoms with Crippen LogP contribution >= 0.6 is 11.8 Å². The van der Waals surface area contributed by atoms with E-state index in [9.17, 15) is 0 Å². The number of rotatable bonds is 7. The Labute approximate surface area is 116 Å². The molecule has 0 aliphatic heterocycles. The average molecular weight is 266 g/mol. The van der Waals surface area contributed by atoms with Crippen LogP contribution in [0.15, 0.2) is 29.2 Å². The molecule has 0 radical (unpaired) electrons. The fourth-order valence-corrected chi connectivity index (χ4v) is 2.75. The fourth-order valence-electron chi connectivity index (χ4n) is 1.91. The maximum Gasteiger partial charge on any atom is 0.0139 e. The molecule has 1 unspecified atom stereocenters. The Morgan fingerprint density at radius 2 is 1.78 bits per heavy atom. The topological polar surface area (TPSA) is 29.3 Å². The van der Waals surface area contributed by atoms with Crippen molar-refractivity contribution < 1.29 is 0 Å². The second kappa shape index (κ2) is 7.82. The van der Waals surface area contributed by atoms with Crippen molar-refractivity contribution in [1.29, 1.82) is 0 Å². The highest BCUT2D eigenvalue weighted by atomic mass is 32.2. The summed E-state index contributed by atoms with van der Waals surface area (Å²) in [5.74, 6) is 0. The number of hydrogen-bond donors (Lipinski definition) is 1.